The zero-order chi connectivity index (χ0) is 13.8. The SMILES string of the molecule is CC(C(=O)O)N1CCN(Cc2cccc(O)c2)CC1. The van der Waals surface area contributed by atoms with E-state index in [0.717, 1.165) is 38.3 Å². The fourth-order valence-electron chi connectivity index (χ4n) is 2.38. The van der Waals surface area contributed by atoms with Crippen LogP contribution in [0.2, 0.25) is 0 Å². The Hall–Kier alpha value is -1.59. The Balaban J connectivity index is 1.85. The molecule has 1 aromatic carbocycles. The molecule has 104 valence electrons. The van der Waals surface area contributed by atoms with Crippen LogP contribution in [0.15, 0.2) is 24.3 Å². The van der Waals surface area contributed by atoms with Gasteiger partial charge in [0, 0.05) is 32.7 Å². The summed E-state index contributed by atoms with van der Waals surface area (Å²) in [6.07, 6.45) is 0. The maximum atomic E-state index is 10.9. The second kappa shape index (κ2) is 6.04. The van der Waals surface area contributed by atoms with Crippen molar-refractivity contribution in [3.8, 4) is 5.75 Å². The number of carboxylic acid groups (broad SMARTS) is 1. The molecule has 1 unspecified atom stereocenters. The average molecular weight is 264 g/mol. The van der Waals surface area contributed by atoms with Gasteiger partial charge in [0.1, 0.15) is 11.8 Å². The van der Waals surface area contributed by atoms with Crippen molar-refractivity contribution in [2.45, 2.75) is 19.5 Å². The molecule has 0 amide bonds. The molecule has 0 spiro atoms. The van der Waals surface area contributed by atoms with E-state index in [9.17, 15) is 9.90 Å². The van der Waals surface area contributed by atoms with Crippen LogP contribution in [0.5, 0.6) is 5.75 Å². The number of hydrogen-bond acceptors (Lipinski definition) is 4. The van der Waals surface area contributed by atoms with Crippen LogP contribution in [0.1, 0.15) is 12.5 Å². The van der Waals surface area contributed by atoms with Crippen molar-refractivity contribution in [1.29, 1.82) is 0 Å². The number of phenols is 1. The van der Waals surface area contributed by atoms with Crippen LogP contribution in [0.3, 0.4) is 0 Å². The van der Waals surface area contributed by atoms with Crippen LogP contribution in [-0.2, 0) is 11.3 Å². The molecular weight excluding hydrogens is 244 g/mol. The highest BCUT2D eigenvalue weighted by molar-refractivity contribution is 5.72. The first kappa shape index (κ1) is 13.8. The summed E-state index contributed by atoms with van der Waals surface area (Å²) in [5, 5.41) is 18.4. The largest absolute Gasteiger partial charge is 0.508 e. The Bertz CT molecular complexity index is 442. The second-order valence-electron chi connectivity index (χ2n) is 5.00. The quantitative estimate of drug-likeness (QED) is 0.849. The molecule has 2 rings (SSSR count). The molecule has 0 radical (unpaired) electrons. The van der Waals surface area contributed by atoms with E-state index < -0.39 is 12.0 Å². The summed E-state index contributed by atoms with van der Waals surface area (Å²) in [5.41, 5.74) is 1.08. The first-order chi connectivity index (χ1) is 9.06. The first-order valence-corrected chi connectivity index (χ1v) is 6.53. The molecule has 1 aliphatic heterocycles. The van der Waals surface area contributed by atoms with Crippen molar-refractivity contribution in [2.75, 3.05) is 26.2 Å². The number of phenolic OH excluding ortho intramolecular Hbond substituents is 1. The molecule has 5 nitrogen and oxygen atoms in total. The number of carbonyl (C=O) groups is 1. The van der Waals surface area contributed by atoms with Gasteiger partial charge < -0.3 is 10.2 Å². The Morgan fingerprint density at radius 2 is 2.00 bits per heavy atom. The lowest BCUT2D eigenvalue weighted by Gasteiger charge is -2.36. The van der Waals surface area contributed by atoms with Crippen molar-refractivity contribution in [3.05, 3.63) is 29.8 Å². The van der Waals surface area contributed by atoms with Gasteiger partial charge in [0.15, 0.2) is 0 Å². The van der Waals surface area contributed by atoms with Gasteiger partial charge in [-0.3, -0.25) is 14.6 Å². The summed E-state index contributed by atoms with van der Waals surface area (Å²) >= 11 is 0. The van der Waals surface area contributed by atoms with Crippen molar-refractivity contribution >= 4 is 5.97 Å². The number of carboxylic acids is 1. The summed E-state index contributed by atoms with van der Waals surface area (Å²) in [6.45, 7) is 5.77. The van der Waals surface area contributed by atoms with Gasteiger partial charge in [-0.25, -0.2) is 0 Å². The third-order valence-corrected chi connectivity index (χ3v) is 3.63. The van der Waals surface area contributed by atoms with Crippen molar-refractivity contribution in [2.24, 2.45) is 0 Å². The number of aromatic hydroxyl groups is 1. The zero-order valence-corrected chi connectivity index (χ0v) is 11.1. The third-order valence-electron chi connectivity index (χ3n) is 3.63. The highest BCUT2D eigenvalue weighted by Crippen LogP contribution is 2.14. The van der Waals surface area contributed by atoms with Gasteiger partial charge >= 0.3 is 5.97 Å². The number of hydrogen-bond donors (Lipinski definition) is 2. The molecule has 1 heterocycles. The fraction of sp³-hybridized carbons (Fsp3) is 0.500. The molecule has 0 aromatic heterocycles. The number of nitrogens with zero attached hydrogens (tertiary/aromatic N) is 2. The van der Waals surface area contributed by atoms with Crippen molar-refractivity contribution in [3.63, 3.8) is 0 Å². The van der Waals surface area contributed by atoms with E-state index in [1.807, 2.05) is 17.0 Å². The van der Waals surface area contributed by atoms with Gasteiger partial charge in [-0.1, -0.05) is 12.1 Å². The summed E-state index contributed by atoms with van der Waals surface area (Å²) in [6, 6.07) is 6.85. The minimum Gasteiger partial charge on any atom is -0.508 e. The van der Waals surface area contributed by atoms with E-state index in [2.05, 4.69) is 4.90 Å². The Labute approximate surface area is 113 Å². The fourth-order valence-corrected chi connectivity index (χ4v) is 2.38. The minimum absolute atomic E-state index is 0.288. The molecule has 1 saturated heterocycles. The number of benzene rings is 1. The molecule has 1 aliphatic rings. The number of aliphatic carboxylic acids is 1. The average Bonchev–Trinajstić information content (AvgIpc) is 2.39. The normalized spacial score (nSPS) is 19.2. The van der Waals surface area contributed by atoms with Crippen molar-refractivity contribution in [1.82, 2.24) is 9.80 Å². The lowest BCUT2D eigenvalue weighted by atomic mass is 10.1. The van der Waals surface area contributed by atoms with Gasteiger partial charge in [0.05, 0.1) is 0 Å². The van der Waals surface area contributed by atoms with Crippen LogP contribution in [0.4, 0.5) is 0 Å². The minimum atomic E-state index is -0.763. The lowest BCUT2D eigenvalue weighted by molar-refractivity contribution is -0.143. The summed E-state index contributed by atoms with van der Waals surface area (Å²) in [5.74, 6) is -0.475. The predicted octanol–water partition coefficient (Wildman–Crippen LogP) is 0.983. The predicted molar refractivity (Wildman–Crippen MR) is 72.1 cm³/mol. The van der Waals surface area contributed by atoms with E-state index >= 15 is 0 Å². The molecule has 19 heavy (non-hydrogen) atoms. The van der Waals surface area contributed by atoms with Gasteiger partial charge in [-0.05, 0) is 24.6 Å². The van der Waals surface area contributed by atoms with E-state index in [0.29, 0.717) is 0 Å². The van der Waals surface area contributed by atoms with Crippen LogP contribution >= 0.6 is 0 Å². The van der Waals surface area contributed by atoms with E-state index in [1.54, 1.807) is 19.1 Å². The smallest absolute Gasteiger partial charge is 0.320 e. The van der Waals surface area contributed by atoms with Crippen LogP contribution < -0.4 is 0 Å². The first-order valence-electron chi connectivity index (χ1n) is 6.53. The van der Waals surface area contributed by atoms with E-state index in [1.165, 1.54) is 0 Å². The molecule has 1 fully saturated rings. The van der Waals surface area contributed by atoms with Gasteiger partial charge in [-0.2, -0.15) is 0 Å². The highest BCUT2D eigenvalue weighted by Gasteiger charge is 2.24. The molecule has 1 atom stereocenters. The van der Waals surface area contributed by atoms with Gasteiger partial charge in [-0.15, -0.1) is 0 Å². The zero-order valence-electron chi connectivity index (χ0n) is 11.1. The van der Waals surface area contributed by atoms with Crippen LogP contribution in [0, 0.1) is 0 Å². The van der Waals surface area contributed by atoms with Crippen LogP contribution in [-0.4, -0.2) is 58.2 Å². The Morgan fingerprint density at radius 3 is 2.58 bits per heavy atom. The maximum Gasteiger partial charge on any atom is 0.320 e. The molecule has 5 heteroatoms. The second-order valence-corrected chi connectivity index (χ2v) is 5.00. The molecule has 0 saturated carbocycles. The van der Waals surface area contributed by atoms with E-state index in [-0.39, 0.29) is 5.75 Å². The molecule has 0 aliphatic carbocycles. The molecular formula is C14H20N2O3. The Morgan fingerprint density at radius 1 is 1.32 bits per heavy atom. The summed E-state index contributed by atoms with van der Waals surface area (Å²) in [4.78, 5) is 15.2. The maximum absolute atomic E-state index is 10.9. The molecule has 1 aromatic rings. The molecule has 0 bridgehead atoms. The topological polar surface area (TPSA) is 64.0 Å². The number of piperazine rings is 1. The monoisotopic (exact) mass is 264 g/mol. The van der Waals surface area contributed by atoms with Crippen molar-refractivity contribution < 1.29 is 15.0 Å². The van der Waals surface area contributed by atoms with Gasteiger partial charge in [0.2, 0.25) is 0 Å². The molecule has 2 N–H and O–H groups in total. The highest BCUT2D eigenvalue weighted by atomic mass is 16.4. The summed E-state index contributed by atoms with van der Waals surface area (Å²) in [7, 11) is 0. The number of rotatable bonds is 4. The third kappa shape index (κ3) is 3.68. The lowest BCUT2D eigenvalue weighted by Crippen LogP contribution is -2.51. The Kier molecular flexibility index (Phi) is 4.39. The standard InChI is InChI=1S/C14H20N2O3/c1-11(14(18)19)16-7-5-15(6-8-16)10-12-3-2-4-13(17)9-12/h2-4,9,11,17H,5-8,10H2,1H3,(H,18,19). The summed E-state index contributed by atoms with van der Waals surface area (Å²) < 4.78 is 0. The van der Waals surface area contributed by atoms with Gasteiger partial charge in [0.25, 0.3) is 0 Å². The van der Waals surface area contributed by atoms with E-state index in [4.69, 9.17) is 5.11 Å². The van der Waals surface area contributed by atoms with Crippen LogP contribution in [0.25, 0.3) is 0 Å².